The van der Waals surface area contributed by atoms with Crippen LogP contribution in [0, 0.1) is 0 Å². The lowest BCUT2D eigenvalue weighted by Gasteiger charge is -2.19. The van der Waals surface area contributed by atoms with Gasteiger partial charge in [-0.05, 0) is 30.5 Å². The maximum atomic E-state index is 6.00. The molecule has 1 N–H and O–H groups in total. The molecule has 0 fully saturated rings. The van der Waals surface area contributed by atoms with Crippen molar-refractivity contribution < 1.29 is 0 Å². The van der Waals surface area contributed by atoms with Gasteiger partial charge in [0.05, 0.1) is 16.3 Å². The number of hydrogen-bond acceptors (Lipinski definition) is 6. The minimum atomic E-state index is 0.679. The van der Waals surface area contributed by atoms with Crippen molar-refractivity contribution in [2.45, 2.75) is 13.5 Å². The highest BCUT2D eigenvalue weighted by Gasteiger charge is 2.13. The van der Waals surface area contributed by atoms with Gasteiger partial charge in [0, 0.05) is 18.5 Å². The summed E-state index contributed by atoms with van der Waals surface area (Å²) in [5, 5.41) is 6.33. The van der Waals surface area contributed by atoms with Crippen molar-refractivity contribution in [1.29, 1.82) is 0 Å². The largest absolute Gasteiger partial charge is 0.354 e. The molecular weight excluding hydrogens is 324 g/mol. The fourth-order valence-corrected chi connectivity index (χ4v) is 4.01. The van der Waals surface area contributed by atoms with Gasteiger partial charge in [0.15, 0.2) is 0 Å². The van der Waals surface area contributed by atoms with Crippen LogP contribution in [0.25, 0.3) is 10.2 Å². The Bertz CT molecular complexity index is 752. The van der Waals surface area contributed by atoms with Crippen LogP contribution in [0.1, 0.15) is 11.8 Å². The number of rotatable bonds is 5. The number of anilines is 2. The van der Waals surface area contributed by atoms with Gasteiger partial charge in [-0.3, -0.25) is 0 Å². The first-order valence-electron chi connectivity index (χ1n) is 6.62. The van der Waals surface area contributed by atoms with E-state index in [2.05, 4.69) is 37.7 Å². The molecule has 0 aliphatic heterocycles. The Hall–Kier alpha value is -1.37. The highest BCUT2D eigenvalue weighted by Crippen LogP contribution is 2.30. The molecule has 0 amide bonds. The molecule has 0 aliphatic rings. The zero-order valence-corrected chi connectivity index (χ0v) is 14.1. The Kier molecular flexibility index (Phi) is 4.28. The summed E-state index contributed by atoms with van der Waals surface area (Å²) in [6.07, 6.45) is 0. The van der Waals surface area contributed by atoms with E-state index in [1.165, 1.54) is 4.88 Å². The molecule has 3 aromatic rings. The van der Waals surface area contributed by atoms with E-state index in [1.54, 1.807) is 22.7 Å². The summed E-state index contributed by atoms with van der Waals surface area (Å²) in [5.74, 6) is 1.63. The molecule has 0 unspecified atom stereocenters. The van der Waals surface area contributed by atoms with Gasteiger partial charge in [0.2, 0.25) is 5.95 Å². The summed E-state index contributed by atoms with van der Waals surface area (Å²) in [6, 6.07) is 6.06. The number of nitrogens with zero attached hydrogens (tertiary/aromatic N) is 3. The Morgan fingerprint density at radius 1 is 1.29 bits per heavy atom. The van der Waals surface area contributed by atoms with E-state index in [0.29, 0.717) is 5.95 Å². The quantitative estimate of drug-likeness (QED) is 0.745. The molecular formula is C14H15ClN4S2. The van der Waals surface area contributed by atoms with Crippen LogP contribution >= 0.6 is 34.3 Å². The normalized spacial score (nSPS) is 11.0. The summed E-state index contributed by atoms with van der Waals surface area (Å²) in [6.45, 7) is 3.63. The summed E-state index contributed by atoms with van der Waals surface area (Å²) in [4.78, 5) is 13.5. The van der Waals surface area contributed by atoms with Crippen LogP contribution in [-0.4, -0.2) is 23.6 Å². The predicted octanol–water partition coefficient (Wildman–Crippen LogP) is 4.47. The van der Waals surface area contributed by atoms with Crippen molar-refractivity contribution in [3.05, 3.63) is 32.8 Å². The van der Waals surface area contributed by atoms with E-state index in [1.807, 2.05) is 20.0 Å². The summed E-state index contributed by atoms with van der Waals surface area (Å²) < 4.78 is 0.815. The number of halogens is 1. The first-order chi connectivity index (χ1) is 10.2. The summed E-state index contributed by atoms with van der Waals surface area (Å²) in [5.41, 5.74) is 0. The van der Waals surface area contributed by atoms with Crippen LogP contribution in [0.15, 0.2) is 23.6 Å². The molecule has 21 heavy (non-hydrogen) atoms. The van der Waals surface area contributed by atoms with E-state index >= 15 is 0 Å². The number of nitrogens with one attached hydrogen (secondary N) is 1. The summed E-state index contributed by atoms with van der Waals surface area (Å²) >= 11 is 9.23. The maximum absolute atomic E-state index is 6.00. The smallest absolute Gasteiger partial charge is 0.226 e. The van der Waals surface area contributed by atoms with Crippen LogP contribution < -0.4 is 10.2 Å². The molecule has 0 atom stereocenters. The van der Waals surface area contributed by atoms with Crippen LogP contribution in [0.2, 0.25) is 4.34 Å². The van der Waals surface area contributed by atoms with Crippen LogP contribution in [0.5, 0.6) is 0 Å². The lowest BCUT2D eigenvalue weighted by atomic mass is 10.3. The first-order valence-corrected chi connectivity index (χ1v) is 8.69. The second-order valence-electron chi connectivity index (χ2n) is 4.60. The fourth-order valence-electron chi connectivity index (χ4n) is 2.11. The molecule has 4 nitrogen and oxygen atoms in total. The van der Waals surface area contributed by atoms with Crippen molar-refractivity contribution >= 4 is 56.3 Å². The molecule has 0 bridgehead atoms. The van der Waals surface area contributed by atoms with Crippen LogP contribution in [0.3, 0.4) is 0 Å². The molecule has 0 spiro atoms. The van der Waals surface area contributed by atoms with E-state index < -0.39 is 0 Å². The van der Waals surface area contributed by atoms with Crippen molar-refractivity contribution in [3.8, 4) is 0 Å². The average molecular weight is 339 g/mol. The molecule has 0 aliphatic carbocycles. The van der Waals surface area contributed by atoms with Gasteiger partial charge in [-0.25, -0.2) is 4.98 Å². The molecule has 0 radical (unpaired) electrons. The predicted molar refractivity (Wildman–Crippen MR) is 93.0 cm³/mol. The highest BCUT2D eigenvalue weighted by molar-refractivity contribution is 7.17. The molecule has 3 aromatic heterocycles. The number of aromatic nitrogens is 2. The van der Waals surface area contributed by atoms with Crippen molar-refractivity contribution in [3.63, 3.8) is 0 Å². The average Bonchev–Trinajstić information content (AvgIpc) is 3.07. The van der Waals surface area contributed by atoms with Crippen LogP contribution in [-0.2, 0) is 6.54 Å². The van der Waals surface area contributed by atoms with Gasteiger partial charge in [0.1, 0.15) is 10.6 Å². The third-order valence-electron chi connectivity index (χ3n) is 3.02. The van der Waals surface area contributed by atoms with Crippen LogP contribution in [0.4, 0.5) is 11.8 Å². The SMILES string of the molecule is CCNc1nc(N(C)Cc2ccc(Cl)s2)c2ccsc2n1. The van der Waals surface area contributed by atoms with Gasteiger partial charge in [-0.15, -0.1) is 22.7 Å². The zero-order valence-electron chi connectivity index (χ0n) is 11.8. The Morgan fingerprint density at radius 2 is 2.14 bits per heavy atom. The molecule has 110 valence electrons. The Balaban J connectivity index is 1.95. The van der Waals surface area contributed by atoms with Gasteiger partial charge < -0.3 is 10.2 Å². The van der Waals surface area contributed by atoms with Crippen molar-refractivity contribution in [2.75, 3.05) is 23.8 Å². The van der Waals surface area contributed by atoms with E-state index in [0.717, 1.165) is 33.5 Å². The molecule has 0 aromatic carbocycles. The maximum Gasteiger partial charge on any atom is 0.226 e. The third-order valence-corrected chi connectivity index (χ3v) is 5.05. The first kappa shape index (κ1) is 14.6. The van der Waals surface area contributed by atoms with Crippen molar-refractivity contribution in [2.24, 2.45) is 0 Å². The third kappa shape index (κ3) is 3.12. The summed E-state index contributed by atoms with van der Waals surface area (Å²) in [7, 11) is 2.04. The number of fused-ring (bicyclic) bond motifs is 1. The highest BCUT2D eigenvalue weighted by atomic mass is 35.5. The molecule has 0 saturated heterocycles. The van der Waals surface area contributed by atoms with Gasteiger partial charge in [0.25, 0.3) is 0 Å². The Labute approximate surface area is 136 Å². The van der Waals surface area contributed by atoms with E-state index in [9.17, 15) is 0 Å². The lowest BCUT2D eigenvalue weighted by Crippen LogP contribution is -2.18. The lowest BCUT2D eigenvalue weighted by molar-refractivity contribution is 0.914. The molecule has 0 saturated carbocycles. The monoisotopic (exact) mass is 338 g/mol. The minimum Gasteiger partial charge on any atom is -0.354 e. The molecule has 3 heterocycles. The molecule has 3 rings (SSSR count). The van der Waals surface area contributed by atoms with Gasteiger partial charge in [-0.2, -0.15) is 4.98 Å². The van der Waals surface area contributed by atoms with E-state index in [-0.39, 0.29) is 0 Å². The van der Waals surface area contributed by atoms with E-state index in [4.69, 9.17) is 11.6 Å². The minimum absolute atomic E-state index is 0.679. The topological polar surface area (TPSA) is 41.1 Å². The standard InChI is InChI=1S/C14H15ClN4S2/c1-3-16-14-17-12(10-6-7-20-13(10)18-14)19(2)8-9-4-5-11(15)21-9/h4-7H,3,8H2,1-2H3,(H,16,17,18). The number of thiophene rings is 2. The zero-order chi connectivity index (χ0) is 14.8. The fraction of sp³-hybridized carbons (Fsp3) is 0.286. The van der Waals surface area contributed by atoms with Gasteiger partial charge in [-0.1, -0.05) is 11.6 Å². The second kappa shape index (κ2) is 6.17. The van der Waals surface area contributed by atoms with Crippen molar-refractivity contribution in [1.82, 2.24) is 9.97 Å². The van der Waals surface area contributed by atoms with Gasteiger partial charge >= 0.3 is 0 Å². The Morgan fingerprint density at radius 3 is 2.86 bits per heavy atom. The number of hydrogen-bond donors (Lipinski definition) is 1. The molecule has 7 heteroatoms. The second-order valence-corrected chi connectivity index (χ2v) is 7.30.